The number of amides is 1. The maximum Gasteiger partial charge on any atom is 0.490 e. The van der Waals surface area contributed by atoms with Gasteiger partial charge in [0.15, 0.2) is 0 Å². The van der Waals surface area contributed by atoms with E-state index in [0.29, 0.717) is 12.4 Å². The first-order valence-electron chi connectivity index (χ1n) is 8.81. The zero-order valence-corrected chi connectivity index (χ0v) is 17.3. The van der Waals surface area contributed by atoms with Gasteiger partial charge in [-0.1, -0.05) is 0 Å². The van der Waals surface area contributed by atoms with E-state index < -0.39 is 18.1 Å². The predicted octanol–water partition coefficient (Wildman–Crippen LogP) is 2.83. The van der Waals surface area contributed by atoms with Crippen LogP contribution in [0, 0.1) is 6.92 Å². The van der Waals surface area contributed by atoms with Gasteiger partial charge in [-0.3, -0.25) is 4.79 Å². The molecule has 9 nitrogen and oxygen atoms in total. The Morgan fingerprint density at radius 1 is 1.35 bits per heavy atom. The van der Waals surface area contributed by atoms with Crippen LogP contribution in [0.1, 0.15) is 33.7 Å². The Balaban J connectivity index is 0.000000423. The highest BCUT2D eigenvalue weighted by Gasteiger charge is 2.38. The lowest BCUT2D eigenvalue weighted by molar-refractivity contribution is -0.192. The summed E-state index contributed by atoms with van der Waals surface area (Å²) < 4.78 is 37.9. The molecule has 0 radical (unpaired) electrons. The van der Waals surface area contributed by atoms with Crippen LogP contribution in [-0.4, -0.2) is 39.2 Å². The van der Waals surface area contributed by atoms with E-state index in [1.807, 2.05) is 26.0 Å². The molecule has 13 heteroatoms. The molecular formula is C18H20F3N5O4S. The van der Waals surface area contributed by atoms with E-state index in [-0.39, 0.29) is 11.9 Å². The average Bonchev–Trinajstić information content (AvgIpc) is 3.28. The molecule has 0 aliphatic carbocycles. The number of halogens is 3. The number of aliphatic carboxylic acids is 1. The number of aryl methyl sites for hydroxylation is 1. The van der Waals surface area contributed by atoms with Crippen molar-refractivity contribution in [3.63, 3.8) is 0 Å². The molecule has 3 aromatic heterocycles. The maximum absolute atomic E-state index is 11.6. The number of carboxylic acids is 1. The van der Waals surface area contributed by atoms with Gasteiger partial charge < -0.3 is 26.3 Å². The third kappa shape index (κ3) is 6.39. The second-order valence-electron chi connectivity index (χ2n) is 6.51. The number of alkyl halides is 3. The highest BCUT2D eigenvalue weighted by Crippen LogP contribution is 2.34. The van der Waals surface area contributed by atoms with Crippen molar-refractivity contribution in [3.05, 3.63) is 40.4 Å². The molecule has 1 unspecified atom stereocenters. The number of primary amides is 1. The summed E-state index contributed by atoms with van der Waals surface area (Å²) in [5, 5.41) is 10.3. The first kappa shape index (κ1) is 24.1. The lowest BCUT2D eigenvalue weighted by atomic mass is 10.1. The van der Waals surface area contributed by atoms with Gasteiger partial charge in [-0.2, -0.15) is 13.2 Å². The lowest BCUT2D eigenvalue weighted by Gasteiger charge is -2.06. The number of carbonyl (C=O) groups excluding carboxylic acids is 1. The third-order valence-electron chi connectivity index (χ3n) is 3.84. The summed E-state index contributed by atoms with van der Waals surface area (Å²) in [5.74, 6) is -2.07. The number of nitrogens with two attached hydrogens (primary N) is 2. The molecule has 31 heavy (non-hydrogen) atoms. The van der Waals surface area contributed by atoms with Crippen molar-refractivity contribution < 1.29 is 32.3 Å². The highest BCUT2D eigenvalue weighted by atomic mass is 32.1. The van der Waals surface area contributed by atoms with Crippen LogP contribution in [0.5, 0.6) is 0 Å². The molecular weight excluding hydrogens is 439 g/mol. The van der Waals surface area contributed by atoms with E-state index in [1.54, 1.807) is 17.6 Å². The van der Waals surface area contributed by atoms with Gasteiger partial charge in [0.2, 0.25) is 5.82 Å². The van der Waals surface area contributed by atoms with Gasteiger partial charge in [-0.05, 0) is 38.0 Å². The quantitative estimate of drug-likeness (QED) is 0.438. The zero-order chi connectivity index (χ0) is 23.3. The summed E-state index contributed by atoms with van der Waals surface area (Å²) in [7, 11) is 0. The van der Waals surface area contributed by atoms with Crippen molar-refractivity contribution in [2.75, 3.05) is 5.32 Å². The number of nitrogens with one attached hydrogen (secondary N) is 1. The Kier molecular flexibility index (Phi) is 7.57. The Morgan fingerprint density at radius 3 is 2.48 bits per heavy atom. The van der Waals surface area contributed by atoms with Gasteiger partial charge in [-0.25, -0.2) is 14.8 Å². The van der Waals surface area contributed by atoms with Crippen LogP contribution in [-0.2, 0) is 17.8 Å². The molecule has 3 heterocycles. The number of hydrogen-bond acceptors (Lipinski definition) is 8. The minimum atomic E-state index is -5.08. The van der Waals surface area contributed by atoms with Gasteiger partial charge in [0.05, 0.1) is 23.0 Å². The van der Waals surface area contributed by atoms with Crippen molar-refractivity contribution in [2.45, 2.75) is 39.0 Å². The number of furan rings is 1. The molecule has 0 saturated heterocycles. The smallest absolute Gasteiger partial charge is 0.475 e. The number of aromatic nitrogens is 2. The van der Waals surface area contributed by atoms with Crippen molar-refractivity contribution >= 4 is 39.2 Å². The summed E-state index contributed by atoms with van der Waals surface area (Å²) in [6, 6.07) is 3.72. The van der Waals surface area contributed by atoms with Crippen LogP contribution in [0.2, 0.25) is 0 Å². The minimum Gasteiger partial charge on any atom is -0.475 e. The number of carbonyl (C=O) groups is 2. The molecule has 0 aromatic carbocycles. The van der Waals surface area contributed by atoms with Gasteiger partial charge >= 0.3 is 12.1 Å². The average molecular weight is 459 g/mol. The summed E-state index contributed by atoms with van der Waals surface area (Å²) in [5.41, 5.74) is 13.0. The van der Waals surface area contributed by atoms with Gasteiger partial charge in [0.1, 0.15) is 11.6 Å². The monoisotopic (exact) mass is 459 g/mol. The Hall–Kier alpha value is -3.19. The first-order valence-corrected chi connectivity index (χ1v) is 9.63. The molecule has 0 aliphatic rings. The number of rotatable bonds is 6. The predicted molar refractivity (Wildman–Crippen MR) is 108 cm³/mol. The molecule has 0 saturated carbocycles. The summed E-state index contributed by atoms with van der Waals surface area (Å²) in [6.45, 7) is 4.39. The van der Waals surface area contributed by atoms with E-state index in [9.17, 15) is 18.0 Å². The van der Waals surface area contributed by atoms with Gasteiger partial charge in [0, 0.05) is 10.9 Å². The van der Waals surface area contributed by atoms with Crippen LogP contribution in [0.25, 0.3) is 10.2 Å². The number of anilines is 1. The molecule has 3 aromatic rings. The van der Waals surface area contributed by atoms with Crippen molar-refractivity contribution in [2.24, 2.45) is 11.5 Å². The van der Waals surface area contributed by atoms with Gasteiger partial charge in [0.25, 0.3) is 5.91 Å². The van der Waals surface area contributed by atoms with Crippen LogP contribution in [0.4, 0.5) is 19.0 Å². The molecule has 1 atom stereocenters. The normalized spacial score (nSPS) is 12.2. The Labute approximate surface area is 178 Å². The van der Waals surface area contributed by atoms with Crippen LogP contribution < -0.4 is 16.8 Å². The number of nitrogens with zero attached hydrogens (tertiary/aromatic N) is 2. The van der Waals surface area contributed by atoms with Crippen LogP contribution in [0.3, 0.4) is 0 Å². The summed E-state index contributed by atoms with van der Waals surface area (Å²) >= 11 is 1.59. The molecule has 6 N–H and O–H groups in total. The fourth-order valence-electron chi connectivity index (χ4n) is 2.43. The zero-order valence-electron chi connectivity index (χ0n) is 16.5. The van der Waals surface area contributed by atoms with E-state index in [2.05, 4.69) is 15.3 Å². The van der Waals surface area contributed by atoms with E-state index >= 15 is 0 Å². The molecule has 3 rings (SSSR count). The molecule has 168 valence electrons. The topological polar surface area (TPSA) is 157 Å². The molecule has 0 fully saturated rings. The Bertz CT molecular complexity index is 1060. The Morgan fingerprint density at radius 2 is 2.00 bits per heavy atom. The van der Waals surface area contributed by atoms with Crippen molar-refractivity contribution in [3.8, 4) is 0 Å². The second-order valence-corrected chi connectivity index (χ2v) is 7.61. The number of carboxylic acid groups (broad SMARTS) is 1. The van der Waals surface area contributed by atoms with E-state index in [1.165, 1.54) is 0 Å². The van der Waals surface area contributed by atoms with Crippen LogP contribution >= 0.6 is 11.3 Å². The number of thiophene rings is 1. The first-order chi connectivity index (χ1) is 14.4. The van der Waals surface area contributed by atoms with E-state index in [0.717, 1.165) is 32.8 Å². The summed E-state index contributed by atoms with van der Waals surface area (Å²) in [6.07, 6.45) is -2.73. The molecule has 0 spiro atoms. The third-order valence-corrected chi connectivity index (χ3v) is 5.15. The fourth-order valence-corrected chi connectivity index (χ4v) is 3.79. The van der Waals surface area contributed by atoms with E-state index in [4.69, 9.17) is 25.8 Å². The minimum absolute atomic E-state index is 0.00214. The van der Waals surface area contributed by atoms with Crippen molar-refractivity contribution in [1.82, 2.24) is 9.97 Å². The SMILES string of the molecule is Cc1c(CC(C)N)sc2c(NCc3ccco3)nc(C(N)=O)nc12.O=C(O)C(F)(F)F. The largest absolute Gasteiger partial charge is 0.490 e. The lowest BCUT2D eigenvalue weighted by Crippen LogP contribution is -2.21. The van der Waals surface area contributed by atoms with Gasteiger partial charge in [-0.15, -0.1) is 11.3 Å². The molecule has 0 aliphatic heterocycles. The number of hydrogen-bond donors (Lipinski definition) is 4. The van der Waals surface area contributed by atoms with Crippen LogP contribution in [0.15, 0.2) is 22.8 Å². The standard InChI is InChI=1S/C16H19N5O2S.C2HF3O2/c1-8(17)6-11-9(2)12-13(24-11)15(21-16(20-12)14(18)22)19-7-10-4-3-5-23-10;3-2(4,5)1(6)7/h3-5,8H,6-7,17H2,1-2H3,(H2,18,22)(H,19,20,21);(H,6,7). The fraction of sp³-hybridized carbons (Fsp3) is 0.333. The number of fused-ring (bicyclic) bond motifs is 1. The maximum atomic E-state index is 11.6. The second kappa shape index (κ2) is 9.75. The summed E-state index contributed by atoms with van der Waals surface area (Å²) in [4.78, 5) is 30.2. The van der Waals surface area contributed by atoms with Crippen molar-refractivity contribution in [1.29, 1.82) is 0 Å². The molecule has 0 bridgehead atoms. The highest BCUT2D eigenvalue weighted by molar-refractivity contribution is 7.19. The molecule has 1 amide bonds.